The Hall–Kier alpha value is -3.82. The van der Waals surface area contributed by atoms with Gasteiger partial charge in [-0.05, 0) is 121 Å². The summed E-state index contributed by atoms with van der Waals surface area (Å²) in [4.78, 5) is 0. The predicted molar refractivity (Wildman–Crippen MR) is 172 cm³/mol. The maximum atomic E-state index is 6.26. The molecule has 3 heteroatoms. The molecule has 42 heavy (non-hydrogen) atoms. The zero-order valence-corrected chi connectivity index (χ0v) is 24.6. The highest BCUT2D eigenvalue weighted by molar-refractivity contribution is 6.00. The third-order valence-electron chi connectivity index (χ3n) is 8.41. The van der Waals surface area contributed by atoms with E-state index in [4.69, 9.17) is 14.2 Å². The van der Waals surface area contributed by atoms with Gasteiger partial charge in [0.1, 0.15) is 11.5 Å². The van der Waals surface area contributed by atoms with E-state index in [1.165, 1.54) is 51.8 Å². The van der Waals surface area contributed by atoms with E-state index in [1.54, 1.807) is 0 Å². The van der Waals surface area contributed by atoms with E-state index in [-0.39, 0.29) is 6.29 Å². The minimum Gasteiger partial charge on any atom is -0.494 e. The van der Waals surface area contributed by atoms with Gasteiger partial charge in [-0.25, -0.2) is 0 Å². The van der Waals surface area contributed by atoms with Gasteiger partial charge in [-0.1, -0.05) is 78.9 Å². The molecular weight excluding hydrogens is 516 g/mol. The number of aryl methyl sites for hydroxylation is 2. The Morgan fingerprint density at radius 1 is 0.667 bits per heavy atom. The lowest BCUT2D eigenvalue weighted by Crippen LogP contribution is -2.25. The van der Waals surface area contributed by atoms with E-state index < -0.39 is 0 Å². The van der Waals surface area contributed by atoms with Gasteiger partial charge in [0.05, 0.1) is 13.2 Å². The van der Waals surface area contributed by atoms with Crippen molar-refractivity contribution in [3.8, 4) is 11.5 Å². The largest absolute Gasteiger partial charge is 0.494 e. The first-order valence-corrected chi connectivity index (χ1v) is 15.8. The molecule has 1 aliphatic heterocycles. The maximum Gasteiger partial charge on any atom is 0.199 e. The second-order valence-electron chi connectivity index (χ2n) is 11.5. The number of rotatable bonds is 11. The SMILES string of the molecule is c1ccc(CCCCCOc2ccc(C3=C(c4ccccc4)CCCc4cc(OC5CCCCO5)ccc43)cc2)cc1. The van der Waals surface area contributed by atoms with Crippen molar-refractivity contribution in [1.82, 2.24) is 0 Å². The quantitative estimate of drug-likeness (QED) is 0.172. The van der Waals surface area contributed by atoms with E-state index >= 15 is 0 Å². The van der Waals surface area contributed by atoms with Gasteiger partial charge >= 0.3 is 0 Å². The van der Waals surface area contributed by atoms with Crippen LogP contribution >= 0.6 is 0 Å². The van der Waals surface area contributed by atoms with E-state index in [2.05, 4.69) is 103 Å². The molecule has 1 aliphatic carbocycles. The van der Waals surface area contributed by atoms with Crippen molar-refractivity contribution in [2.75, 3.05) is 13.2 Å². The number of allylic oxidation sites excluding steroid dienone is 1. The molecule has 0 radical (unpaired) electrons. The van der Waals surface area contributed by atoms with Gasteiger partial charge in [0.25, 0.3) is 0 Å². The minimum absolute atomic E-state index is 0.131. The summed E-state index contributed by atoms with van der Waals surface area (Å²) in [6.45, 7) is 1.54. The summed E-state index contributed by atoms with van der Waals surface area (Å²) in [5.74, 6) is 1.85. The minimum atomic E-state index is -0.131. The standard InChI is InChI=1S/C39H42O3/c1-4-13-30(14-5-1)15-6-3-10-27-40-34-23-21-32(22-24-34)39-36(31-16-7-2-8-17-31)19-12-18-33-29-35(25-26-37(33)39)42-38-20-9-11-28-41-38/h1-2,4-5,7-8,13-14,16-17,21-26,29,38H,3,6,9-12,15,18-20,27-28H2. The second-order valence-corrected chi connectivity index (χ2v) is 11.5. The molecular formula is C39H42O3. The Labute approximate surface area is 251 Å². The molecule has 6 rings (SSSR count). The maximum absolute atomic E-state index is 6.26. The van der Waals surface area contributed by atoms with Crippen LogP contribution in [0, 0.1) is 0 Å². The van der Waals surface area contributed by atoms with Crippen LogP contribution < -0.4 is 9.47 Å². The number of fused-ring (bicyclic) bond motifs is 1. The first kappa shape index (κ1) is 28.3. The van der Waals surface area contributed by atoms with Gasteiger partial charge in [0, 0.05) is 6.42 Å². The van der Waals surface area contributed by atoms with Crippen molar-refractivity contribution in [3.05, 3.63) is 131 Å². The molecule has 0 aromatic heterocycles. The van der Waals surface area contributed by atoms with Crippen LogP contribution in [0.3, 0.4) is 0 Å². The highest BCUT2D eigenvalue weighted by Gasteiger charge is 2.22. The Morgan fingerprint density at radius 2 is 1.45 bits per heavy atom. The van der Waals surface area contributed by atoms with Crippen LogP contribution in [0.4, 0.5) is 0 Å². The summed E-state index contributed by atoms with van der Waals surface area (Å²) >= 11 is 0. The Kier molecular flexibility index (Phi) is 9.69. The molecule has 1 heterocycles. The predicted octanol–water partition coefficient (Wildman–Crippen LogP) is 9.68. The topological polar surface area (TPSA) is 27.7 Å². The Balaban J connectivity index is 1.18. The molecule has 0 spiro atoms. The highest BCUT2D eigenvalue weighted by Crippen LogP contribution is 2.41. The second kappa shape index (κ2) is 14.4. The van der Waals surface area contributed by atoms with Crippen LogP contribution in [0.1, 0.15) is 79.2 Å². The van der Waals surface area contributed by atoms with Gasteiger partial charge in [0.15, 0.2) is 6.29 Å². The Bertz CT molecular complexity index is 1430. The fraction of sp³-hybridized carbons (Fsp3) is 0.333. The summed E-state index contributed by atoms with van der Waals surface area (Å²) in [6.07, 6.45) is 10.9. The lowest BCUT2D eigenvalue weighted by molar-refractivity contribution is -0.105. The number of benzene rings is 4. The van der Waals surface area contributed by atoms with E-state index in [9.17, 15) is 0 Å². The van der Waals surface area contributed by atoms with Crippen LogP contribution in [0.2, 0.25) is 0 Å². The molecule has 0 N–H and O–H groups in total. The molecule has 4 aromatic rings. The van der Waals surface area contributed by atoms with Crippen LogP contribution in [-0.2, 0) is 17.6 Å². The van der Waals surface area contributed by atoms with E-state index in [1.807, 2.05) is 0 Å². The summed E-state index contributed by atoms with van der Waals surface area (Å²) < 4.78 is 18.3. The van der Waals surface area contributed by atoms with Crippen molar-refractivity contribution in [1.29, 1.82) is 0 Å². The van der Waals surface area contributed by atoms with E-state index in [0.717, 1.165) is 76.1 Å². The van der Waals surface area contributed by atoms with Crippen LogP contribution in [-0.4, -0.2) is 19.5 Å². The molecule has 3 nitrogen and oxygen atoms in total. The molecule has 2 aliphatic rings. The van der Waals surface area contributed by atoms with Gasteiger partial charge in [-0.15, -0.1) is 0 Å². The smallest absolute Gasteiger partial charge is 0.199 e. The van der Waals surface area contributed by atoms with Gasteiger partial charge in [0.2, 0.25) is 0 Å². The Morgan fingerprint density at radius 3 is 2.24 bits per heavy atom. The normalized spacial score (nSPS) is 16.9. The average Bonchev–Trinajstić information content (AvgIpc) is 3.24. The van der Waals surface area contributed by atoms with Gasteiger partial charge in [-0.3, -0.25) is 0 Å². The number of ether oxygens (including phenoxy) is 3. The zero-order chi connectivity index (χ0) is 28.4. The molecule has 1 unspecified atom stereocenters. The fourth-order valence-electron chi connectivity index (χ4n) is 6.21. The van der Waals surface area contributed by atoms with E-state index in [0.29, 0.717) is 0 Å². The average molecular weight is 559 g/mol. The first-order valence-electron chi connectivity index (χ1n) is 15.8. The fourth-order valence-corrected chi connectivity index (χ4v) is 6.21. The van der Waals surface area contributed by atoms with Crippen LogP contribution in [0.15, 0.2) is 103 Å². The van der Waals surface area contributed by atoms with Crippen molar-refractivity contribution >= 4 is 11.1 Å². The first-order chi connectivity index (χ1) is 20.8. The lowest BCUT2D eigenvalue weighted by atomic mass is 9.88. The summed E-state index contributed by atoms with van der Waals surface area (Å²) in [5.41, 5.74) is 9.33. The van der Waals surface area contributed by atoms with Gasteiger partial charge < -0.3 is 14.2 Å². The molecule has 4 aromatic carbocycles. The monoisotopic (exact) mass is 558 g/mol. The van der Waals surface area contributed by atoms with Crippen LogP contribution in [0.5, 0.6) is 11.5 Å². The summed E-state index contributed by atoms with van der Waals surface area (Å²) in [6, 6.07) is 37.0. The highest BCUT2D eigenvalue weighted by atomic mass is 16.7. The third-order valence-corrected chi connectivity index (χ3v) is 8.41. The number of unbranched alkanes of at least 4 members (excludes halogenated alkanes) is 2. The van der Waals surface area contributed by atoms with Crippen molar-refractivity contribution in [2.24, 2.45) is 0 Å². The van der Waals surface area contributed by atoms with Crippen molar-refractivity contribution in [3.63, 3.8) is 0 Å². The van der Waals surface area contributed by atoms with Crippen molar-refractivity contribution < 1.29 is 14.2 Å². The zero-order valence-electron chi connectivity index (χ0n) is 24.6. The number of hydrogen-bond donors (Lipinski definition) is 0. The molecule has 1 fully saturated rings. The molecule has 0 bridgehead atoms. The molecule has 1 saturated heterocycles. The van der Waals surface area contributed by atoms with Crippen LogP contribution in [0.25, 0.3) is 11.1 Å². The number of hydrogen-bond acceptors (Lipinski definition) is 3. The van der Waals surface area contributed by atoms with Gasteiger partial charge in [-0.2, -0.15) is 0 Å². The van der Waals surface area contributed by atoms with Crippen molar-refractivity contribution in [2.45, 2.75) is 70.5 Å². The lowest BCUT2D eigenvalue weighted by Gasteiger charge is -2.24. The molecule has 216 valence electrons. The molecule has 0 amide bonds. The summed E-state index contributed by atoms with van der Waals surface area (Å²) in [7, 11) is 0. The third kappa shape index (κ3) is 7.33. The molecule has 0 saturated carbocycles. The molecule has 1 atom stereocenters. The summed E-state index contributed by atoms with van der Waals surface area (Å²) in [5, 5.41) is 0.